The van der Waals surface area contributed by atoms with Crippen molar-refractivity contribution in [3.63, 3.8) is 0 Å². The summed E-state index contributed by atoms with van der Waals surface area (Å²) in [4.78, 5) is 11.7. The van der Waals surface area contributed by atoms with Gasteiger partial charge in [-0.05, 0) is 37.1 Å². The Kier molecular flexibility index (Phi) is 6.73. The Hall–Kier alpha value is -1.80. The van der Waals surface area contributed by atoms with Gasteiger partial charge in [-0.15, -0.1) is 0 Å². The van der Waals surface area contributed by atoms with Crippen LogP contribution in [-0.4, -0.2) is 38.3 Å². The van der Waals surface area contributed by atoms with Gasteiger partial charge in [0, 0.05) is 24.9 Å². The van der Waals surface area contributed by atoms with Crippen molar-refractivity contribution in [2.24, 2.45) is 11.1 Å². The molecule has 0 radical (unpaired) electrons. The van der Waals surface area contributed by atoms with E-state index in [2.05, 4.69) is 0 Å². The van der Waals surface area contributed by atoms with E-state index in [1.807, 2.05) is 18.2 Å². The van der Waals surface area contributed by atoms with Gasteiger partial charge in [0.05, 0.1) is 16.7 Å². The third kappa shape index (κ3) is 5.04. The van der Waals surface area contributed by atoms with Crippen LogP contribution in [0.2, 0.25) is 10.0 Å². The lowest BCUT2D eigenvalue weighted by Gasteiger charge is -2.41. The second-order valence-corrected chi connectivity index (χ2v) is 9.93. The van der Waals surface area contributed by atoms with Gasteiger partial charge < -0.3 is 10.5 Å². The number of piperidine rings is 1. The summed E-state index contributed by atoms with van der Waals surface area (Å²) in [6.07, 6.45) is 1.22. The van der Waals surface area contributed by atoms with Gasteiger partial charge in [-0.3, -0.25) is 4.79 Å². The summed E-state index contributed by atoms with van der Waals surface area (Å²) < 4.78 is 33.7. The second kappa shape index (κ2) is 8.92. The second-order valence-electron chi connectivity index (χ2n) is 7.24. The maximum Gasteiger partial charge on any atom is 0.244 e. The normalized spacial score (nSPS) is 20.3. The fourth-order valence-corrected chi connectivity index (χ4v) is 5.95. The molecule has 0 spiro atoms. The molecule has 1 saturated heterocycles. The Balaban J connectivity index is 1.87. The van der Waals surface area contributed by atoms with E-state index in [1.165, 1.54) is 16.4 Å². The highest BCUT2D eigenvalue weighted by Crippen LogP contribution is 2.38. The Bertz CT molecular complexity index is 985. The third-order valence-electron chi connectivity index (χ3n) is 5.00. The molecule has 1 fully saturated rings. The van der Waals surface area contributed by atoms with Crippen molar-refractivity contribution in [1.29, 1.82) is 0 Å². The van der Waals surface area contributed by atoms with E-state index in [0.29, 0.717) is 25.1 Å². The molecule has 1 aliphatic rings. The van der Waals surface area contributed by atoms with Crippen LogP contribution >= 0.6 is 23.2 Å². The molecule has 1 amide bonds. The minimum Gasteiger partial charge on any atom is -0.493 e. The van der Waals surface area contributed by atoms with E-state index in [-0.39, 0.29) is 34.5 Å². The number of hydrogen-bond acceptors (Lipinski definition) is 4. The molecule has 3 rings (SSSR count). The van der Waals surface area contributed by atoms with Crippen LogP contribution in [0.3, 0.4) is 0 Å². The van der Waals surface area contributed by atoms with Crippen LogP contribution in [0.5, 0.6) is 5.75 Å². The van der Waals surface area contributed by atoms with Crippen LogP contribution in [0.15, 0.2) is 53.4 Å². The molecule has 29 heavy (non-hydrogen) atoms. The number of benzene rings is 2. The number of carbonyl (C=O) groups is 1. The molecule has 0 aliphatic carbocycles. The lowest BCUT2D eigenvalue weighted by molar-refractivity contribution is -0.121. The van der Waals surface area contributed by atoms with Crippen molar-refractivity contribution in [1.82, 2.24) is 4.31 Å². The number of sulfonamides is 1. The number of carbonyl (C=O) groups excluding carboxylic acids is 1. The number of amides is 1. The van der Waals surface area contributed by atoms with Crippen molar-refractivity contribution in [2.45, 2.75) is 24.2 Å². The van der Waals surface area contributed by atoms with Crippen LogP contribution in [0.25, 0.3) is 0 Å². The summed E-state index contributed by atoms with van der Waals surface area (Å²) in [5.74, 6) is 0.149. The number of ether oxygens (including phenoxy) is 1. The number of rotatable bonds is 7. The molecule has 2 N–H and O–H groups in total. The van der Waals surface area contributed by atoms with Gasteiger partial charge in [0.1, 0.15) is 10.6 Å². The Labute approximate surface area is 180 Å². The topological polar surface area (TPSA) is 89.7 Å². The predicted octanol–water partition coefficient (Wildman–Crippen LogP) is 3.72. The summed E-state index contributed by atoms with van der Waals surface area (Å²) >= 11 is 12.2. The van der Waals surface area contributed by atoms with Crippen LogP contribution < -0.4 is 10.5 Å². The molecule has 0 saturated carbocycles. The van der Waals surface area contributed by atoms with Gasteiger partial charge >= 0.3 is 0 Å². The highest BCUT2D eigenvalue weighted by Gasteiger charge is 2.42. The molecule has 9 heteroatoms. The first-order valence-corrected chi connectivity index (χ1v) is 11.3. The number of halogens is 2. The zero-order chi connectivity index (χ0) is 21.1. The first kappa shape index (κ1) is 21.9. The van der Waals surface area contributed by atoms with Gasteiger partial charge in [-0.25, -0.2) is 8.42 Å². The summed E-state index contributed by atoms with van der Waals surface area (Å²) in [6.45, 7) is 0.597. The first-order chi connectivity index (χ1) is 13.7. The standard InChI is InChI=1S/C20H22Cl2N2O4S/c21-16-8-4-9-17(19(16)22)29(26,27)24-11-5-10-20(13-24,12-18(23)25)14-28-15-6-2-1-3-7-15/h1-4,6-9H,5,10-14H2,(H2,23,25). The fraction of sp³-hybridized carbons (Fsp3) is 0.350. The van der Waals surface area contributed by atoms with E-state index in [0.717, 1.165) is 0 Å². The minimum atomic E-state index is -3.90. The van der Waals surface area contributed by atoms with Crippen LogP contribution in [0.1, 0.15) is 19.3 Å². The average Bonchev–Trinajstić information content (AvgIpc) is 2.69. The fourth-order valence-electron chi connectivity index (χ4n) is 3.63. The quantitative estimate of drug-likeness (QED) is 0.687. The van der Waals surface area contributed by atoms with Crippen LogP contribution in [0.4, 0.5) is 0 Å². The average molecular weight is 457 g/mol. The first-order valence-electron chi connectivity index (χ1n) is 9.14. The predicted molar refractivity (Wildman–Crippen MR) is 113 cm³/mol. The van der Waals surface area contributed by atoms with Crippen molar-refractivity contribution >= 4 is 39.1 Å². The smallest absolute Gasteiger partial charge is 0.244 e. The third-order valence-corrected chi connectivity index (χ3v) is 7.82. The molecular formula is C20H22Cl2N2O4S. The number of primary amides is 1. The van der Waals surface area contributed by atoms with E-state index < -0.39 is 21.3 Å². The van der Waals surface area contributed by atoms with Crippen molar-refractivity contribution < 1.29 is 17.9 Å². The zero-order valence-corrected chi connectivity index (χ0v) is 18.0. The summed E-state index contributed by atoms with van der Waals surface area (Å²) in [6, 6.07) is 13.7. The van der Waals surface area contributed by atoms with Crippen molar-refractivity contribution in [3.05, 3.63) is 58.6 Å². The van der Waals surface area contributed by atoms with Gasteiger partial charge in [0.2, 0.25) is 15.9 Å². The highest BCUT2D eigenvalue weighted by atomic mass is 35.5. The molecule has 0 bridgehead atoms. The highest BCUT2D eigenvalue weighted by molar-refractivity contribution is 7.89. The lowest BCUT2D eigenvalue weighted by Crippen LogP contribution is -2.50. The van der Waals surface area contributed by atoms with Crippen molar-refractivity contribution in [3.8, 4) is 5.75 Å². The minimum absolute atomic E-state index is 0.0132. The number of para-hydroxylation sites is 1. The summed E-state index contributed by atoms with van der Waals surface area (Å²) in [7, 11) is -3.90. The molecular weight excluding hydrogens is 435 g/mol. The van der Waals surface area contributed by atoms with E-state index in [9.17, 15) is 13.2 Å². The maximum atomic E-state index is 13.2. The molecule has 1 heterocycles. The summed E-state index contributed by atoms with van der Waals surface area (Å²) in [5.41, 5.74) is 4.76. The Morgan fingerprint density at radius 1 is 1.14 bits per heavy atom. The largest absolute Gasteiger partial charge is 0.493 e. The van der Waals surface area contributed by atoms with Crippen molar-refractivity contribution in [2.75, 3.05) is 19.7 Å². The van der Waals surface area contributed by atoms with E-state index in [1.54, 1.807) is 18.2 Å². The van der Waals surface area contributed by atoms with E-state index in [4.69, 9.17) is 33.7 Å². The monoisotopic (exact) mass is 456 g/mol. The molecule has 1 unspecified atom stereocenters. The van der Waals surface area contributed by atoms with Crippen LogP contribution in [-0.2, 0) is 14.8 Å². The molecule has 2 aromatic carbocycles. The van der Waals surface area contributed by atoms with Gasteiger partial charge in [-0.1, -0.05) is 47.5 Å². The summed E-state index contributed by atoms with van der Waals surface area (Å²) in [5, 5.41) is 0.154. The molecule has 1 aliphatic heterocycles. The van der Waals surface area contributed by atoms with Gasteiger partial charge in [0.15, 0.2) is 0 Å². The molecule has 2 aromatic rings. The molecule has 1 atom stereocenters. The lowest BCUT2D eigenvalue weighted by atomic mass is 9.78. The zero-order valence-electron chi connectivity index (χ0n) is 15.7. The number of nitrogens with zero attached hydrogens (tertiary/aromatic N) is 1. The maximum absolute atomic E-state index is 13.2. The van der Waals surface area contributed by atoms with E-state index >= 15 is 0 Å². The SMILES string of the molecule is NC(=O)CC1(COc2ccccc2)CCCN(S(=O)(=O)c2cccc(Cl)c2Cl)C1. The number of nitrogens with two attached hydrogens (primary N) is 1. The Morgan fingerprint density at radius 2 is 1.86 bits per heavy atom. The Morgan fingerprint density at radius 3 is 2.55 bits per heavy atom. The van der Waals surface area contributed by atoms with Gasteiger partial charge in [-0.2, -0.15) is 4.31 Å². The number of hydrogen-bond donors (Lipinski definition) is 1. The molecule has 156 valence electrons. The van der Waals surface area contributed by atoms with Crippen LogP contribution in [0, 0.1) is 5.41 Å². The molecule has 0 aromatic heterocycles. The van der Waals surface area contributed by atoms with Gasteiger partial charge in [0.25, 0.3) is 0 Å². The molecule has 6 nitrogen and oxygen atoms in total.